The number of rotatable bonds is 3. The van der Waals surface area contributed by atoms with Gasteiger partial charge in [0.25, 0.3) is 0 Å². The molecule has 1 fully saturated rings. The van der Waals surface area contributed by atoms with E-state index in [0.717, 1.165) is 11.3 Å². The van der Waals surface area contributed by atoms with E-state index >= 15 is 0 Å². The summed E-state index contributed by atoms with van der Waals surface area (Å²) in [7, 11) is 0. The normalized spacial score (nSPS) is 25.6. The van der Waals surface area contributed by atoms with E-state index in [1.165, 1.54) is 41.0 Å². The van der Waals surface area contributed by atoms with E-state index in [2.05, 4.69) is 5.32 Å². The van der Waals surface area contributed by atoms with Gasteiger partial charge in [0, 0.05) is 0 Å². The molecule has 0 bridgehead atoms. The zero-order valence-electron chi connectivity index (χ0n) is 13.2. The van der Waals surface area contributed by atoms with Crippen LogP contribution < -0.4 is 10.6 Å². The first-order valence-electron chi connectivity index (χ1n) is 7.45. The highest BCUT2D eigenvalue weighted by atomic mass is 35.5. The van der Waals surface area contributed by atoms with E-state index in [1.54, 1.807) is 0 Å². The number of benzene rings is 1. The van der Waals surface area contributed by atoms with Crippen molar-refractivity contribution in [1.29, 1.82) is 0 Å². The van der Waals surface area contributed by atoms with Gasteiger partial charge in [-0.05, 0) is 23.1 Å². The SMILES string of the molecule is O=C1N[C@H](c2cccc(Cl)c2Cl)[C@@H](C(=O)c2cccs2)[C@@](O)(C(F)(F)F)N1. The summed E-state index contributed by atoms with van der Waals surface area (Å²) < 4.78 is 41.2. The Balaban J connectivity index is 2.21. The Morgan fingerprint density at radius 1 is 1.22 bits per heavy atom. The predicted molar refractivity (Wildman–Crippen MR) is 94.0 cm³/mol. The van der Waals surface area contributed by atoms with Crippen LogP contribution >= 0.6 is 34.5 Å². The number of nitrogens with one attached hydrogen (secondary N) is 2. The summed E-state index contributed by atoms with van der Waals surface area (Å²) in [6, 6.07) is 4.10. The second-order valence-electron chi connectivity index (χ2n) is 5.80. The molecule has 3 atom stereocenters. The third-order valence-electron chi connectivity index (χ3n) is 4.17. The van der Waals surface area contributed by atoms with E-state index in [1.807, 2.05) is 0 Å². The lowest BCUT2D eigenvalue weighted by Crippen LogP contribution is -2.72. The number of halogens is 5. The Kier molecular flexibility index (Phi) is 5.15. The molecular weight excluding hydrogens is 428 g/mol. The van der Waals surface area contributed by atoms with E-state index in [4.69, 9.17) is 23.2 Å². The summed E-state index contributed by atoms with van der Waals surface area (Å²) in [6.07, 6.45) is -5.33. The van der Waals surface area contributed by atoms with Gasteiger partial charge in [0.2, 0.25) is 5.72 Å². The predicted octanol–water partition coefficient (Wildman–Crippen LogP) is 4.16. The molecule has 11 heteroatoms. The quantitative estimate of drug-likeness (QED) is 0.629. The smallest absolute Gasteiger partial charge is 0.363 e. The van der Waals surface area contributed by atoms with Crippen molar-refractivity contribution in [2.45, 2.75) is 17.9 Å². The third-order valence-corrected chi connectivity index (χ3v) is 5.89. The van der Waals surface area contributed by atoms with E-state index in [0.29, 0.717) is 0 Å². The second-order valence-corrected chi connectivity index (χ2v) is 7.54. The topological polar surface area (TPSA) is 78.4 Å². The molecule has 2 amide bonds. The first-order valence-corrected chi connectivity index (χ1v) is 9.09. The molecule has 1 aromatic heterocycles. The monoisotopic (exact) mass is 438 g/mol. The van der Waals surface area contributed by atoms with Crippen LogP contribution in [0.4, 0.5) is 18.0 Å². The summed E-state index contributed by atoms with van der Waals surface area (Å²) in [4.78, 5) is 24.8. The van der Waals surface area contributed by atoms with Gasteiger partial charge in [-0.15, -0.1) is 11.3 Å². The Morgan fingerprint density at radius 3 is 2.52 bits per heavy atom. The van der Waals surface area contributed by atoms with Crippen LogP contribution in [-0.2, 0) is 0 Å². The third kappa shape index (κ3) is 3.40. The number of thiophene rings is 1. The zero-order chi connectivity index (χ0) is 20.0. The summed E-state index contributed by atoms with van der Waals surface area (Å²) in [5.41, 5.74) is -3.82. The Hall–Kier alpha value is -1.81. The summed E-state index contributed by atoms with van der Waals surface area (Å²) >= 11 is 12.9. The molecular formula is C16H11Cl2F3N2O3S. The highest BCUT2D eigenvalue weighted by Gasteiger charge is 2.66. The van der Waals surface area contributed by atoms with Crippen LogP contribution in [0.5, 0.6) is 0 Å². The molecule has 27 heavy (non-hydrogen) atoms. The molecule has 2 aromatic rings. The average Bonchev–Trinajstić information content (AvgIpc) is 3.10. The number of hydrogen-bond donors (Lipinski definition) is 3. The standard InChI is InChI=1S/C16H11Cl2F3N2O3S/c17-8-4-1-3-7(11(8)18)12-10(13(24)9-5-2-6-27-9)15(26,16(19,20)21)23-14(25)22-12/h1-6,10,12,26H,(H2,22,23,25)/t10-,12+,15+/m0/s1. The van der Waals surface area contributed by atoms with Gasteiger partial charge in [-0.1, -0.05) is 41.4 Å². The maximum Gasteiger partial charge on any atom is 0.437 e. The van der Waals surface area contributed by atoms with E-state index < -0.39 is 35.7 Å². The number of aliphatic hydroxyl groups is 1. The zero-order valence-corrected chi connectivity index (χ0v) is 15.5. The molecule has 0 radical (unpaired) electrons. The fourth-order valence-electron chi connectivity index (χ4n) is 2.93. The van der Waals surface area contributed by atoms with Gasteiger partial charge in [0.1, 0.15) is 5.92 Å². The molecule has 1 aliphatic heterocycles. The van der Waals surface area contributed by atoms with Crippen molar-refractivity contribution in [3.63, 3.8) is 0 Å². The fourth-order valence-corrected chi connectivity index (χ4v) is 4.06. The number of alkyl halides is 3. The molecule has 5 nitrogen and oxygen atoms in total. The minimum atomic E-state index is -5.33. The van der Waals surface area contributed by atoms with Crippen molar-refractivity contribution in [3.05, 3.63) is 56.2 Å². The first-order chi connectivity index (χ1) is 12.6. The van der Waals surface area contributed by atoms with Gasteiger partial charge in [0.15, 0.2) is 5.78 Å². The van der Waals surface area contributed by atoms with Crippen LogP contribution in [0.2, 0.25) is 10.0 Å². The molecule has 144 valence electrons. The molecule has 0 spiro atoms. The lowest BCUT2D eigenvalue weighted by atomic mass is 9.78. The number of urea groups is 1. The number of carbonyl (C=O) groups excluding carboxylic acids is 2. The van der Waals surface area contributed by atoms with Crippen LogP contribution in [0, 0.1) is 5.92 Å². The Morgan fingerprint density at radius 2 is 1.93 bits per heavy atom. The van der Waals surface area contributed by atoms with Gasteiger partial charge in [-0.2, -0.15) is 13.2 Å². The highest BCUT2D eigenvalue weighted by Crippen LogP contribution is 2.46. The van der Waals surface area contributed by atoms with Crippen LogP contribution in [0.25, 0.3) is 0 Å². The lowest BCUT2D eigenvalue weighted by molar-refractivity contribution is -0.287. The van der Waals surface area contributed by atoms with Crippen molar-refractivity contribution < 1.29 is 27.9 Å². The van der Waals surface area contributed by atoms with Crippen LogP contribution in [-0.4, -0.2) is 28.8 Å². The van der Waals surface area contributed by atoms with Crippen molar-refractivity contribution >= 4 is 46.4 Å². The molecule has 0 saturated carbocycles. The van der Waals surface area contributed by atoms with Crippen LogP contribution in [0.1, 0.15) is 21.3 Å². The number of carbonyl (C=O) groups is 2. The Bertz CT molecular complexity index is 892. The minimum Gasteiger partial charge on any atom is -0.363 e. The molecule has 1 aromatic carbocycles. The molecule has 1 aliphatic rings. The van der Waals surface area contributed by atoms with Crippen LogP contribution in [0.15, 0.2) is 35.7 Å². The van der Waals surface area contributed by atoms with Gasteiger partial charge in [-0.25, -0.2) is 4.79 Å². The van der Waals surface area contributed by atoms with E-state index in [9.17, 15) is 27.9 Å². The molecule has 1 saturated heterocycles. The Labute approximate surface area is 165 Å². The van der Waals surface area contributed by atoms with Gasteiger partial charge in [0.05, 0.1) is 21.0 Å². The molecule has 3 rings (SSSR count). The molecule has 0 unspecified atom stereocenters. The van der Waals surface area contributed by atoms with Gasteiger partial charge >= 0.3 is 12.2 Å². The first kappa shape index (κ1) is 19.9. The van der Waals surface area contributed by atoms with Crippen molar-refractivity contribution in [1.82, 2.24) is 10.6 Å². The number of amides is 2. The van der Waals surface area contributed by atoms with Gasteiger partial charge < -0.3 is 15.7 Å². The fraction of sp³-hybridized carbons (Fsp3) is 0.250. The average molecular weight is 439 g/mol. The van der Waals surface area contributed by atoms with Gasteiger partial charge in [-0.3, -0.25) is 4.79 Å². The van der Waals surface area contributed by atoms with Crippen molar-refractivity contribution in [3.8, 4) is 0 Å². The highest BCUT2D eigenvalue weighted by molar-refractivity contribution is 7.12. The maximum absolute atomic E-state index is 13.7. The molecule has 0 aliphatic carbocycles. The largest absolute Gasteiger partial charge is 0.437 e. The minimum absolute atomic E-state index is 0.0104. The van der Waals surface area contributed by atoms with Crippen molar-refractivity contribution in [2.75, 3.05) is 0 Å². The lowest BCUT2D eigenvalue weighted by Gasteiger charge is -2.45. The van der Waals surface area contributed by atoms with Crippen molar-refractivity contribution in [2.24, 2.45) is 5.92 Å². The summed E-state index contributed by atoms with van der Waals surface area (Å²) in [5.74, 6) is -3.14. The number of Topliss-reactive ketones (excluding diaryl/α,β-unsaturated/α-hetero) is 1. The number of ketones is 1. The second kappa shape index (κ2) is 6.97. The number of hydrogen-bond acceptors (Lipinski definition) is 4. The molecule has 3 N–H and O–H groups in total. The summed E-state index contributed by atoms with van der Waals surface area (Å²) in [6.45, 7) is 0. The van der Waals surface area contributed by atoms with E-state index in [-0.39, 0.29) is 20.5 Å². The summed E-state index contributed by atoms with van der Waals surface area (Å²) in [5, 5.41) is 15.5. The maximum atomic E-state index is 13.7. The van der Waals surface area contributed by atoms with Crippen LogP contribution in [0.3, 0.4) is 0 Å². The molecule has 2 heterocycles.